The summed E-state index contributed by atoms with van der Waals surface area (Å²) in [4.78, 5) is 3.66. The largest absolute Gasteiger partial charge is 0.408 e. The van der Waals surface area contributed by atoms with Crippen LogP contribution in [0.25, 0.3) is 0 Å². The van der Waals surface area contributed by atoms with Gasteiger partial charge in [0.25, 0.3) is 0 Å². The van der Waals surface area contributed by atoms with Crippen LogP contribution in [0.5, 0.6) is 0 Å². The van der Waals surface area contributed by atoms with E-state index >= 15 is 0 Å². The number of rotatable bonds is 1. The standard InChI is InChI=1S/C5H5BrF3N3/c1-3-10-4(6)11-12(3)2-5(7,8)9/h2H2,1H3. The molecule has 12 heavy (non-hydrogen) atoms. The molecule has 0 amide bonds. The lowest BCUT2D eigenvalue weighted by atomic mass is 10.6. The molecule has 0 unspecified atom stereocenters. The van der Waals surface area contributed by atoms with E-state index in [4.69, 9.17) is 0 Å². The van der Waals surface area contributed by atoms with E-state index in [-0.39, 0.29) is 10.6 Å². The maximum absolute atomic E-state index is 11.8. The first-order chi connectivity index (χ1) is 5.38. The van der Waals surface area contributed by atoms with Crippen LogP contribution in [0.2, 0.25) is 0 Å². The van der Waals surface area contributed by atoms with Crippen molar-refractivity contribution in [3.8, 4) is 0 Å². The van der Waals surface area contributed by atoms with Crippen LogP contribution in [0.3, 0.4) is 0 Å². The third-order valence-electron chi connectivity index (χ3n) is 1.16. The second kappa shape index (κ2) is 3.04. The third-order valence-corrected chi connectivity index (χ3v) is 1.50. The highest BCUT2D eigenvalue weighted by Crippen LogP contribution is 2.18. The van der Waals surface area contributed by atoms with Crippen molar-refractivity contribution in [2.24, 2.45) is 0 Å². The first-order valence-electron chi connectivity index (χ1n) is 3.02. The molecule has 0 fully saturated rings. The number of hydrogen-bond donors (Lipinski definition) is 0. The van der Waals surface area contributed by atoms with Gasteiger partial charge in [0, 0.05) is 0 Å². The molecule has 0 aliphatic heterocycles. The zero-order chi connectivity index (χ0) is 9.35. The van der Waals surface area contributed by atoms with Crippen LogP contribution in [0.15, 0.2) is 4.73 Å². The Hall–Kier alpha value is -0.590. The molecule has 3 nitrogen and oxygen atoms in total. The number of alkyl halides is 3. The Balaban J connectivity index is 2.82. The summed E-state index contributed by atoms with van der Waals surface area (Å²) in [6.07, 6.45) is -4.25. The van der Waals surface area contributed by atoms with Gasteiger partial charge in [0.15, 0.2) is 0 Å². The van der Waals surface area contributed by atoms with Crippen LogP contribution in [0, 0.1) is 6.92 Å². The van der Waals surface area contributed by atoms with Gasteiger partial charge in [0.05, 0.1) is 0 Å². The van der Waals surface area contributed by atoms with E-state index in [0.717, 1.165) is 4.68 Å². The van der Waals surface area contributed by atoms with Gasteiger partial charge in [-0.1, -0.05) is 0 Å². The van der Waals surface area contributed by atoms with Gasteiger partial charge in [-0.05, 0) is 22.9 Å². The van der Waals surface area contributed by atoms with Gasteiger partial charge >= 0.3 is 6.18 Å². The molecule has 0 spiro atoms. The van der Waals surface area contributed by atoms with Gasteiger partial charge in [-0.2, -0.15) is 13.2 Å². The van der Waals surface area contributed by atoms with E-state index in [1.807, 2.05) is 0 Å². The zero-order valence-electron chi connectivity index (χ0n) is 6.06. The van der Waals surface area contributed by atoms with Gasteiger partial charge < -0.3 is 0 Å². The molecule has 0 aliphatic rings. The molecule has 0 saturated carbocycles. The van der Waals surface area contributed by atoms with E-state index in [0.29, 0.717) is 0 Å². The lowest BCUT2D eigenvalue weighted by Crippen LogP contribution is -2.19. The van der Waals surface area contributed by atoms with Crippen molar-refractivity contribution in [2.45, 2.75) is 19.6 Å². The Bertz CT molecular complexity index is 280. The fourth-order valence-electron chi connectivity index (χ4n) is 0.705. The van der Waals surface area contributed by atoms with E-state index in [1.165, 1.54) is 6.92 Å². The van der Waals surface area contributed by atoms with Crippen molar-refractivity contribution in [1.29, 1.82) is 0 Å². The first kappa shape index (κ1) is 9.50. The molecule has 0 radical (unpaired) electrons. The molecule has 0 aromatic carbocycles. The Labute approximate surface area is 74.7 Å². The van der Waals surface area contributed by atoms with E-state index < -0.39 is 12.7 Å². The summed E-state index contributed by atoms with van der Waals surface area (Å²) in [5.74, 6) is 0.235. The first-order valence-corrected chi connectivity index (χ1v) is 3.81. The van der Waals surface area contributed by atoms with Gasteiger partial charge in [-0.3, -0.25) is 0 Å². The maximum atomic E-state index is 11.8. The molecule has 0 N–H and O–H groups in total. The predicted molar refractivity (Wildman–Crippen MR) is 38.5 cm³/mol. The topological polar surface area (TPSA) is 30.7 Å². The fourth-order valence-corrected chi connectivity index (χ4v) is 1.15. The second-order valence-electron chi connectivity index (χ2n) is 2.20. The normalized spacial score (nSPS) is 12.1. The Morgan fingerprint density at radius 2 is 2.08 bits per heavy atom. The van der Waals surface area contributed by atoms with Crippen LogP contribution in [0.4, 0.5) is 13.2 Å². The summed E-state index contributed by atoms with van der Waals surface area (Å²) in [5.41, 5.74) is 0. The van der Waals surface area contributed by atoms with Crippen LogP contribution in [-0.4, -0.2) is 20.9 Å². The summed E-state index contributed by atoms with van der Waals surface area (Å²) in [5, 5.41) is 3.50. The number of nitrogens with zero attached hydrogens (tertiary/aromatic N) is 3. The Morgan fingerprint density at radius 1 is 1.50 bits per heavy atom. The van der Waals surface area contributed by atoms with E-state index in [1.54, 1.807) is 0 Å². The van der Waals surface area contributed by atoms with Crippen molar-refractivity contribution in [2.75, 3.05) is 0 Å². The zero-order valence-corrected chi connectivity index (χ0v) is 7.65. The average molecular weight is 244 g/mol. The molecule has 0 aliphatic carbocycles. The number of halogens is 4. The van der Waals surface area contributed by atoms with Gasteiger partial charge in [0.1, 0.15) is 12.4 Å². The summed E-state index contributed by atoms with van der Waals surface area (Å²) in [6, 6.07) is 0. The van der Waals surface area contributed by atoms with Crippen LogP contribution >= 0.6 is 15.9 Å². The molecule has 1 heterocycles. The molecular weight excluding hydrogens is 239 g/mol. The highest BCUT2D eigenvalue weighted by atomic mass is 79.9. The molecule has 1 aromatic heterocycles. The minimum atomic E-state index is -4.25. The minimum Gasteiger partial charge on any atom is -0.240 e. The fraction of sp³-hybridized carbons (Fsp3) is 0.600. The number of aryl methyl sites for hydroxylation is 1. The summed E-state index contributed by atoms with van der Waals surface area (Å²) in [7, 11) is 0. The van der Waals surface area contributed by atoms with Gasteiger partial charge in [-0.25, -0.2) is 9.67 Å². The lowest BCUT2D eigenvalue weighted by Gasteiger charge is -2.05. The van der Waals surface area contributed by atoms with E-state index in [9.17, 15) is 13.2 Å². The monoisotopic (exact) mass is 243 g/mol. The molecule has 1 rings (SSSR count). The summed E-state index contributed by atoms with van der Waals surface area (Å²) >= 11 is 2.88. The molecule has 0 saturated heterocycles. The third kappa shape index (κ3) is 2.47. The Kier molecular flexibility index (Phi) is 2.41. The van der Waals surface area contributed by atoms with Crippen molar-refractivity contribution < 1.29 is 13.2 Å². The SMILES string of the molecule is Cc1nc(Br)nn1CC(F)(F)F. The molecule has 68 valence electrons. The number of hydrogen-bond acceptors (Lipinski definition) is 2. The average Bonchev–Trinajstić information content (AvgIpc) is 2.06. The van der Waals surface area contributed by atoms with Crippen LogP contribution in [-0.2, 0) is 6.54 Å². The molecule has 0 bridgehead atoms. The van der Waals surface area contributed by atoms with Crippen molar-refractivity contribution in [3.05, 3.63) is 10.6 Å². The highest BCUT2D eigenvalue weighted by molar-refractivity contribution is 9.10. The predicted octanol–water partition coefficient (Wildman–Crippen LogP) is 1.91. The highest BCUT2D eigenvalue weighted by Gasteiger charge is 2.29. The van der Waals surface area contributed by atoms with Gasteiger partial charge in [-0.15, -0.1) is 5.10 Å². The summed E-state index contributed by atoms with van der Waals surface area (Å²) in [6.45, 7) is 0.362. The quantitative estimate of drug-likeness (QED) is 0.755. The maximum Gasteiger partial charge on any atom is 0.408 e. The minimum absolute atomic E-state index is 0.171. The molecule has 7 heteroatoms. The smallest absolute Gasteiger partial charge is 0.240 e. The number of aromatic nitrogens is 3. The molecule has 0 atom stereocenters. The van der Waals surface area contributed by atoms with Crippen molar-refractivity contribution in [1.82, 2.24) is 14.8 Å². The van der Waals surface area contributed by atoms with Crippen LogP contribution < -0.4 is 0 Å². The van der Waals surface area contributed by atoms with Crippen molar-refractivity contribution in [3.63, 3.8) is 0 Å². The second-order valence-corrected chi connectivity index (χ2v) is 2.91. The lowest BCUT2D eigenvalue weighted by molar-refractivity contribution is -0.143. The van der Waals surface area contributed by atoms with Crippen LogP contribution in [0.1, 0.15) is 5.82 Å². The van der Waals surface area contributed by atoms with Gasteiger partial charge in [0.2, 0.25) is 4.73 Å². The summed E-state index contributed by atoms with van der Waals surface area (Å²) < 4.78 is 36.4. The van der Waals surface area contributed by atoms with E-state index in [2.05, 4.69) is 26.0 Å². The molecular formula is C5H5BrF3N3. The molecule has 1 aromatic rings. The van der Waals surface area contributed by atoms with Crippen molar-refractivity contribution >= 4 is 15.9 Å². The Morgan fingerprint density at radius 3 is 2.42 bits per heavy atom.